The van der Waals surface area contributed by atoms with Crippen molar-refractivity contribution in [3.05, 3.63) is 53.6 Å². The second-order valence-corrected chi connectivity index (χ2v) is 7.89. The number of phenols is 1. The SMILES string of the molecule is CCNC(=NCc1cc(OC)c(O)c(OC)c1)NC1CC(C)N(Cc2ccccc2)C1.I. The number of halogens is 1. The number of guanidine groups is 1. The van der Waals surface area contributed by atoms with Crippen molar-refractivity contribution in [1.82, 2.24) is 15.5 Å². The highest BCUT2D eigenvalue weighted by atomic mass is 127. The lowest BCUT2D eigenvalue weighted by Gasteiger charge is -2.21. The van der Waals surface area contributed by atoms with E-state index in [0.717, 1.165) is 37.6 Å². The summed E-state index contributed by atoms with van der Waals surface area (Å²) in [4.78, 5) is 7.25. The molecule has 2 unspecified atom stereocenters. The number of phenolic OH excluding ortho intramolecular Hbond substituents is 1. The molecule has 3 N–H and O–H groups in total. The summed E-state index contributed by atoms with van der Waals surface area (Å²) in [6.45, 7) is 7.50. The molecular formula is C24H35IN4O3. The Morgan fingerprint density at radius 1 is 1.12 bits per heavy atom. The summed E-state index contributed by atoms with van der Waals surface area (Å²) in [6.07, 6.45) is 1.07. The molecule has 32 heavy (non-hydrogen) atoms. The van der Waals surface area contributed by atoms with Gasteiger partial charge in [0.05, 0.1) is 20.8 Å². The minimum Gasteiger partial charge on any atom is -0.502 e. The number of likely N-dealkylation sites (tertiary alicyclic amines) is 1. The fraction of sp³-hybridized carbons (Fsp3) is 0.458. The molecule has 2 aromatic carbocycles. The maximum absolute atomic E-state index is 10.1. The molecule has 0 bridgehead atoms. The lowest BCUT2D eigenvalue weighted by Crippen LogP contribution is -2.44. The van der Waals surface area contributed by atoms with E-state index in [-0.39, 0.29) is 29.7 Å². The molecule has 0 saturated carbocycles. The van der Waals surface area contributed by atoms with E-state index < -0.39 is 0 Å². The molecule has 0 aromatic heterocycles. The number of hydrogen-bond donors (Lipinski definition) is 3. The van der Waals surface area contributed by atoms with Gasteiger partial charge in [0.2, 0.25) is 5.75 Å². The fourth-order valence-corrected chi connectivity index (χ4v) is 3.96. The van der Waals surface area contributed by atoms with E-state index in [9.17, 15) is 5.11 Å². The Morgan fingerprint density at radius 2 is 1.78 bits per heavy atom. The Labute approximate surface area is 208 Å². The van der Waals surface area contributed by atoms with Crippen LogP contribution in [0.5, 0.6) is 17.2 Å². The zero-order valence-electron chi connectivity index (χ0n) is 19.3. The number of ether oxygens (including phenoxy) is 2. The number of hydrogen-bond acceptors (Lipinski definition) is 5. The lowest BCUT2D eigenvalue weighted by atomic mass is 10.2. The smallest absolute Gasteiger partial charge is 0.200 e. The van der Waals surface area contributed by atoms with Crippen LogP contribution in [0.4, 0.5) is 0 Å². The topological polar surface area (TPSA) is 78.4 Å². The largest absolute Gasteiger partial charge is 0.502 e. The average molecular weight is 554 g/mol. The molecule has 1 saturated heterocycles. The minimum absolute atomic E-state index is 0. The van der Waals surface area contributed by atoms with Gasteiger partial charge in [-0.1, -0.05) is 30.3 Å². The Morgan fingerprint density at radius 3 is 2.38 bits per heavy atom. The molecule has 1 heterocycles. The molecule has 7 nitrogen and oxygen atoms in total. The van der Waals surface area contributed by atoms with Crippen molar-refractivity contribution < 1.29 is 14.6 Å². The molecule has 0 aliphatic carbocycles. The third-order valence-corrected chi connectivity index (χ3v) is 5.58. The van der Waals surface area contributed by atoms with Gasteiger partial charge in [-0.2, -0.15) is 0 Å². The van der Waals surface area contributed by atoms with Crippen LogP contribution >= 0.6 is 24.0 Å². The van der Waals surface area contributed by atoms with Crippen LogP contribution in [-0.2, 0) is 13.1 Å². The summed E-state index contributed by atoms with van der Waals surface area (Å²) in [5.74, 6) is 1.54. The van der Waals surface area contributed by atoms with Gasteiger partial charge in [-0.25, -0.2) is 4.99 Å². The summed E-state index contributed by atoms with van der Waals surface area (Å²) in [6, 6.07) is 15.0. The van der Waals surface area contributed by atoms with Gasteiger partial charge in [0.25, 0.3) is 0 Å². The summed E-state index contributed by atoms with van der Waals surface area (Å²) < 4.78 is 10.5. The van der Waals surface area contributed by atoms with Crippen LogP contribution < -0.4 is 20.1 Å². The molecular weight excluding hydrogens is 519 g/mol. The van der Waals surface area contributed by atoms with Gasteiger partial charge < -0.3 is 25.2 Å². The average Bonchev–Trinajstić information content (AvgIpc) is 3.12. The summed E-state index contributed by atoms with van der Waals surface area (Å²) in [7, 11) is 3.05. The van der Waals surface area contributed by atoms with Crippen molar-refractivity contribution in [1.29, 1.82) is 0 Å². The highest BCUT2D eigenvalue weighted by molar-refractivity contribution is 14.0. The molecule has 8 heteroatoms. The van der Waals surface area contributed by atoms with Gasteiger partial charge in [0.15, 0.2) is 17.5 Å². The van der Waals surface area contributed by atoms with Crippen LogP contribution in [0, 0.1) is 0 Å². The first kappa shape index (κ1) is 26.1. The standard InChI is InChI=1S/C24H34N4O3.HI/c1-5-25-24(26-14-19-12-21(30-3)23(29)22(13-19)31-4)27-20-11-17(2)28(16-20)15-18-9-7-6-8-10-18;/h6-10,12-13,17,20,29H,5,11,14-16H2,1-4H3,(H2,25,26,27);1H. The van der Waals surface area contributed by atoms with E-state index in [2.05, 4.69) is 59.7 Å². The maximum atomic E-state index is 10.1. The summed E-state index contributed by atoms with van der Waals surface area (Å²) >= 11 is 0. The third-order valence-electron chi connectivity index (χ3n) is 5.58. The zero-order chi connectivity index (χ0) is 22.2. The van der Waals surface area contributed by atoms with Crippen molar-refractivity contribution in [2.45, 2.75) is 45.4 Å². The molecule has 2 atom stereocenters. The van der Waals surface area contributed by atoms with Gasteiger partial charge in [-0.15, -0.1) is 24.0 Å². The van der Waals surface area contributed by atoms with E-state index in [1.54, 1.807) is 12.1 Å². The fourth-order valence-electron chi connectivity index (χ4n) is 3.96. The van der Waals surface area contributed by atoms with Crippen LogP contribution in [0.2, 0.25) is 0 Å². The van der Waals surface area contributed by atoms with E-state index in [1.807, 2.05) is 0 Å². The van der Waals surface area contributed by atoms with Gasteiger partial charge in [-0.3, -0.25) is 4.90 Å². The van der Waals surface area contributed by atoms with Crippen LogP contribution in [-0.4, -0.2) is 55.4 Å². The van der Waals surface area contributed by atoms with Crippen LogP contribution in [0.15, 0.2) is 47.5 Å². The van der Waals surface area contributed by atoms with E-state index >= 15 is 0 Å². The number of nitrogens with one attached hydrogen (secondary N) is 2. The van der Waals surface area contributed by atoms with Gasteiger partial charge in [0, 0.05) is 31.7 Å². The van der Waals surface area contributed by atoms with E-state index in [1.165, 1.54) is 19.8 Å². The minimum atomic E-state index is 0. The first-order valence-electron chi connectivity index (χ1n) is 10.8. The molecule has 3 rings (SSSR count). The molecule has 1 aliphatic rings. The molecule has 0 spiro atoms. The van der Waals surface area contributed by atoms with Crippen LogP contribution in [0.3, 0.4) is 0 Å². The quantitative estimate of drug-likeness (QED) is 0.262. The van der Waals surface area contributed by atoms with Crippen molar-refractivity contribution in [3.63, 3.8) is 0 Å². The summed E-state index contributed by atoms with van der Waals surface area (Å²) in [5, 5.41) is 17.0. The van der Waals surface area contributed by atoms with Crippen molar-refractivity contribution in [2.75, 3.05) is 27.3 Å². The third kappa shape index (κ3) is 6.90. The Kier molecular flexibility index (Phi) is 10.4. The van der Waals surface area contributed by atoms with E-state index in [0.29, 0.717) is 30.1 Å². The number of aromatic hydroxyl groups is 1. The number of aliphatic imine (C=N–C) groups is 1. The van der Waals surface area contributed by atoms with Crippen molar-refractivity contribution >= 4 is 29.9 Å². The zero-order valence-corrected chi connectivity index (χ0v) is 21.6. The van der Waals surface area contributed by atoms with Gasteiger partial charge >= 0.3 is 0 Å². The molecule has 176 valence electrons. The highest BCUT2D eigenvalue weighted by Gasteiger charge is 2.29. The van der Waals surface area contributed by atoms with Gasteiger partial charge in [-0.05, 0) is 43.5 Å². The Hall–Kier alpha value is -2.20. The molecule has 0 radical (unpaired) electrons. The predicted octanol–water partition coefficient (Wildman–Crippen LogP) is 3.75. The number of methoxy groups -OCH3 is 2. The second kappa shape index (κ2) is 12.7. The molecule has 2 aromatic rings. The Balaban J connectivity index is 0.00000363. The number of nitrogens with zero attached hydrogens (tertiary/aromatic N) is 2. The monoisotopic (exact) mass is 554 g/mol. The van der Waals surface area contributed by atoms with E-state index in [4.69, 9.17) is 14.5 Å². The first-order valence-corrected chi connectivity index (χ1v) is 10.8. The number of benzene rings is 2. The van der Waals surface area contributed by atoms with Gasteiger partial charge in [0.1, 0.15) is 0 Å². The highest BCUT2D eigenvalue weighted by Crippen LogP contribution is 2.37. The predicted molar refractivity (Wildman–Crippen MR) is 139 cm³/mol. The normalized spacial score (nSPS) is 18.7. The Bertz CT molecular complexity index is 854. The first-order chi connectivity index (χ1) is 15.0. The summed E-state index contributed by atoms with van der Waals surface area (Å²) in [5.41, 5.74) is 2.24. The van der Waals surface area contributed by atoms with Crippen LogP contribution in [0.25, 0.3) is 0 Å². The maximum Gasteiger partial charge on any atom is 0.200 e. The molecule has 1 fully saturated rings. The van der Waals surface area contributed by atoms with Crippen molar-refractivity contribution in [3.8, 4) is 17.2 Å². The number of rotatable bonds is 8. The van der Waals surface area contributed by atoms with Crippen molar-refractivity contribution in [2.24, 2.45) is 4.99 Å². The molecule has 0 amide bonds. The van der Waals surface area contributed by atoms with Crippen LogP contribution in [0.1, 0.15) is 31.4 Å². The molecule has 1 aliphatic heterocycles. The lowest BCUT2D eigenvalue weighted by molar-refractivity contribution is 0.258. The second-order valence-electron chi connectivity index (χ2n) is 7.89.